The number of carbonyl (C=O) groups is 4. The predicted octanol–water partition coefficient (Wildman–Crippen LogP) is 19.6. The standard InChI is InChI=1S/C22H18N2O3.C22H21NO3.C21H18FNO3.C21H20N2O3.CH4/c1-3-21(25)22(26)20-6-4-5-19(24-20)15-7-11-17(12-8-15)27-18-13-9-16(23-2)10-14-18;1-3-21(24)22(25)20-6-4-5-19(23-20)16-9-13-18(14-10-16)26-17-11-7-15(2)8-12-17;1-2-20(24)21(25)19-5-3-4-18(23-19)14-6-10-16(11-7-14)26-17-12-8-15(22)9-13-17;1-3-19(24)21(25)18-6-4-5-17(23-18)15-8-10-16(11-9-15)26-20-12-7-14(2)13-22-20;/h4-14,22,26H,3H2,1H3;4-14,22,25H,3H2,1-2H3;3-13,21,25H,2H2,1H3;4-13,21,25H,3H2,1-2H3;1H4/t2*22-;2*21-;/m1111./s1. The number of halogens is 1. The van der Waals surface area contributed by atoms with Crippen molar-refractivity contribution in [3.63, 3.8) is 0 Å². The fourth-order valence-electron chi connectivity index (χ4n) is 10.0. The molecule has 538 valence electrons. The van der Waals surface area contributed by atoms with Crippen LogP contribution in [0.4, 0.5) is 10.1 Å². The molecule has 0 saturated heterocycles. The van der Waals surface area contributed by atoms with Crippen LogP contribution < -0.4 is 18.9 Å². The summed E-state index contributed by atoms with van der Waals surface area (Å²) in [6.07, 6.45) is -1.96. The van der Waals surface area contributed by atoms with Gasteiger partial charge in [0.05, 0.1) is 52.1 Å². The molecule has 12 aromatic rings. The first kappa shape index (κ1) is 79.1. The van der Waals surface area contributed by atoms with Gasteiger partial charge in [-0.3, -0.25) is 19.2 Å². The second kappa shape index (κ2) is 39.2. The van der Waals surface area contributed by atoms with E-state index in [-0.39, 0.29) is 62.1 Å². The number of aliphatic hydroxyl groups is 4. The summed E-state index contributed by atoms with van der Waals surface area (Å²) in [5, 5.41) is 40.2. The van der Waals surface area contributed by atoms with Crippen LogP contribution >= 0.6 is 0 Å². The second-order valence-electron chi connectivity index (χ2n) is 23.7. The fourth-order valence-corrected chi connectivity index (χ4v) is 10.0. The van der Waals surface area contributed by atoms with Crippen molar-refractivity contribution in [1.82, 2.24) is 24.9 Å². The van der Waals surface area contributed by atoms with Gasteiger partial charge in [-0.2, -0.15) is 0 Å². The summed E-state index contributed by atoms with van der Waals surface area (Å²) >= 11 is 0. The Labute approximate surface area is 616 Å². The van der Waals surface area contributed by atoms with Gasteiger partial charge in [-0.15, -0.1) is 0 Å². The zero-order valence-corrected chi connectivity index (χ0v) is 58.6. The van der Waals surface area contributed by atoms with Crippen molar-refractivity contribution in [1.29, 1.82) is 0 Å². The maximum absolute atomic E-state index is 12.9. The van der Waals surface area contributed by atoms with E-state index >= 15 is 0 Å². The third-order valence-corrected chi connectivity index (χ3v) is 16.0. The zero-order chi connectivity index (χ0) is 74.8. The van der Waals surface area contributed by atoms with Gasteiger partial charge in [0.2, 0.25) is 5.88 Å². The van der Waals surface area contributed by atoms with Gasteiger partial charge in [0, 0.05) is 60.2 Å². The second-order valence-corrected chi connectivity index (χ2v) is 23.7. The lowest BCUT2D eigenvalue weighted by molar-refractivity contribution is -0.127. The highest BCUT2D eigenvalue weighted by Gasteiger charge is 2.21. The molecule has 0 radical (unpaired) electrons. The number of hydrogen-bond donors (Lipinski definition) is 4. The average Bonchev–Trinajstić information content (AvgIpc) is 0.848. The molecule has 0 aliphatic carbocycles. The van der Waals surface area contributed by atoms with Gasteiger partial charge in [-0.25, -0.2) is 34.2 Å². The number of hydrogen-bond acceptors (Lipinski definition) is 17. The van der Waals surface area contributed by atoms with Crippen molar-refractivity contribution >= 4 is 28.8 Å². The van der Waals surface area contributed by atoms with Gasteiger partial charge in [0.15, 0.2) is 53.2 Å². The number of ketones is 4. The van der Waals surface area contributed by atoms with E-state index in [0.717, 1.165) is 39.3 Å². The molecule has 5 heterocycles. The molecule has 106 heavy (non-hydrogen) atoms. The van der Waals surface area contributed by atoms with Crippen molar-refractivity contribution in [3.05, 3.63) is 312 Å². The predicted molar refractivity (Wildman–Crippen MR) is 406 cm³/mol. The molecule has 7 aromatic carbocycles. The number of nitrogens with zero attached hydrogens (tertiary/aromatic N) is 6. The Morgan fingerprint density at radius 2 is 0.613 bits per heavy atom. The monoisotopic (exact) mass is 1420 g/mol. The highest BCUT2D eigenvalue weighted by Crippen LogP contribution is 2.32. The van der Waals surface area contributed by atoms with E-state index in [1.54, 1.807) is 131 Å². The normalized spacial score (nSPS) is 11.6. The quantitative estimate of drug-likeness (QED) is 0.0410. The topological polar surface area (TPSA) is 255 Å². The Balaban J connectivity index is 0.000000178. The molecule has 19 heteroatoms. The molecular weight excluding hydrogens is 1340 g/mol. The first-order valence-corrected chi connectivity index (χ1v) is 33.9. The van der Waals surface area contributed by atoms with Gasteiger partial charge in [0.1, 0.15) is 46.1 Å². The highest BCUT2D eigenvalue weighted by atomic mass is 19.1. The number of benzene rings is 7. The van der Waals surface area contributed by atoms with Crippen LogP contribution in [0.2, 0.25) is 0 Å². The van der Waals surface area contributed by atoms with E-state index in [9.17, 15) is 44.0 Å². The minimum Gasteiger partial charge on any atom is -0.457 e. The van der Waals surface area contributed by atoms with Crippen LogP contribution in [0.3, 0.4) is 0 Å². The summed E-state index contributed by atoms with van der Waals surface area (Å²) in [4.78, 5) is 71.9. The van der Waals surface area contributed by atoms with E-state index in [1.165, 1.54) is 17.7 Å². The smallest absolute Gasteiger partial charge is 0.219 e. The number of aryl methyl sites for hydroxylation is 2. The lowest BCUT2D eigenvalue weighted by Gasteiger charge is -2.10. The number of ether oxygens (including phenoxy) is 4. The van der Waals surface area contributed by atoms with Gasteiger partial charge < -0.3 is 39.4 Å². The molecule has 0 saturated carbocycles. The largest absolute Gasteiger partial charge is 0.457 e. The van der Waals surface area contributed by atoms with Crippen molar-refractivity contribution in [2.75, 3.05) is 0 Å². The SMILES string of the molecule is C.CCC(=O)[C@H](O)c1cccc(-c2ccc(Oc3ccc(C)cc3)cc2)n1.CCC(=O)[C@H](O)c1cccc(-c2ccc(Oc3ccc(C)cn3)cc2)n1.CCC(=O)[C@H](O)c1cccc(-c2ccc(Oc3ccc(F)cc3)cc2)n1.[C-]#[N+]c1ccc(Oc2ccc(-c3cccc([C@@H](O)C(=O)CC)n3)cc2)cc1. The first-order chi connectivity index (χ1) is 50.8. The van der Waals surface area contributed by atoms with E-state index in [0.29, 0.717) is 85.9 Å². The third kappa shape index (κ3) is 22.7. The summed E-state index contributed by atoms with van der Waals surface area (Å²) in [5.41, 5.74) is 10.4. The minimum atomic E-state index is -1.21. The highest BCUT2D eigenvalue weighted by molar-refractivity contribution is 5.85. The van der Waals surface area contributed by atoms with Crippen molar-refractivity contribution < 1.29 is 62.9 Å². The molecule has 0 aliphatic heterocycles. The number of carbonyl (C=O) groups excluding carboxylic acids is 4. The molecule has 0 spiro atoms. The van der Waals surface area contributed by atoms with E-state index in [4.69, 9.17) is 25.5 Å². The fraction of sp³-hybridized carbons (Fsp3) is 0.172. The maximum atomic E-state index is 12.9. The number of Topliss-reactive ketones (excluding diaryl/α,β-unsaturated/α-hetero) is 4. The van der Waals surface area contributed by atoms with E-state index < -0.39 is 24.4 Å². The van der Waals surface area contributed by atoms with E-state index in [2.05, 4.69) is 29.8 Å². The van der Waals surface area contributed by atoms with Gasteiger partial charge in [-0.1, -0.05) is 95.3 Å². The molecular formula is C87H81FN6O12. The molecule has 0 fully saturated rings. The molecule has 0 amide bonds. The maximum Gasteiger partial charge on any atom is 0.219 e. The molecule has 5 aromatic heterocycles. The number of rotatable bonds is 24. The average molecular weight is 1420 g/mol. The van der Waals surface area contributed by atoms with Crippen LogP contribution in [0.5, 0.6) is 46.1 Å². The molecule has 0 unspecified atom stereocenters. The van der Waals surface area contributed by atoms with Gasteiger partial charge >= 0.3 is 0 Å². The summed E-state index contributed by atoms with van der Waals surface area (Å²) in [7, 11) is 0. The summed E-state index contributed by atoms with van der Waals surface area (Å²) in [5.74, 6) is 3.85. The van der Waals surface area contributed by atoms with Crippen LogP contribution in [0.1, 0.15) is 119 Å². The minimum absolute atomic E-state index is 0. The van der Waals surface area contributed by atoms with Crippen molar-refractivity contribution in [2.45, 2.75) is 99.1 Å². The molecule has 12 rings (SSSR count). The lowest BCUT2D eigenvalue weighted by atomic mass is 10.1. The molecule has 18 nitrogen and oxygen atoms in total. The summed E-state index contributed by atoms with van der Waals surface area (Å²) in [6.45, 7) is 17.8. The van der Waals surface area contributed by atoms with Crippen LogP contribution in [-0.2, 0) is 19.2 Å². The van der Waals surface area contributed by atoms with Crippen LogP contribution in [0.15, 0.2) is 261 Å². The molecule has 4 atom stereocenters. The Bertz CT molecular complexity index is 4530. The van der Waals surface area contributed by atoms with E-state index in [1.807, 2.05) is 159 Å². The Morgan fingerprint density at radius 1 is 0.358 bits per heavy atom. The Kier molecular flexibility index (Phi) is 29.3. The zero-order valence-electron chi connectivity index (χ0n) is 58.6. The van der Waals surface area contributed by atoms with Crippen molar-refractivity contribution in [3.8, 4) is 91.2 Å². The van der Waals surface area contributed by atoms with Crippen LogP contribution in [-0.4, -0.2) is 68.5 Å². The molecule has 0 bridgehead atoms. The first-order valence-electron chi connectivity index (χ1n) is 33.9. The summed E-state index contributed by atoms with van der Waals surface area (Å²) < 4.78 is 35.9. The Hall–Kier alpha value is -12.6. The van der Waals surface area contributed by atoms with Crippen LogP contribution in [0, 0.1) is 26.2 Å². The molecule has 4 N–H and O–H groups in total. The van der Waals surface area contributed by atoms with Gasteiger partial charge in [0.25, 0.3) is 0 Å². The third-order valence-electron chi connectivity index (χ3n) is 16.0. The Morgan fingerprint density at radius 3 is 0.877 bits per heavy atom. The van der Waals surface area contributed by atoms with Crippen molar-refractivity contribution in [2.24, 2.45) is 0 Å². The number of aromatic nitrogens is 5. The molecule has 0 aliphatic rings. The lowest BCUT2D eigenvalue weighted by Crippen LogP contribution is -2.12. The summed E-state index contributed by atoms with van der Waals surface area (Å²) in [6, 6.07) is 74.9. The number of aliphatic hydroxyl groups excluding tert-OH is 4. The van der Waals surface area contributed by atoms with Gasteiger partial charge in [-0.05, 0) is 214 Å². The number of pyridine rings is 5. The van der Waals surface area contributed by atoms with Crippen LogP contribution in [0.25, 0.3) is 49.9 Å².